The van der Waals surface area contributed by atoms with E-state index in [1.54, 1.807) is 0 Å². The summed E-state index contributed by atoms with van der Waals surface area (Å²) < 4.78 is 1.31. The number of pyridine rings is 1. The second kappa shape index (κ2) is 6.74. The quantitative estimate of drug-likeness (QED) is 0.404. The van der Waals surface area contributed by atoms with E-state index < -0.39 is 0 Å². The summed E-state index contributed by atoms with van der Waals surface area (Å²) in [6.07, 6.45) is 2.86. The lowest BCUT2D eigenvalue weighted by atomic mass is 10.0. The molecule has 0 fully saturated rings. The number of nitrogens with zero attached hydrogens (tertiary/aromatic N) is 3. The molecule has 0 saturated heterocycles. The number of aromatic nitrogens is 2. The Kier molecular flexibility index (Phi) is 4.40. The van der Waals surface area contributed by atoms with Gasteiger partial charge in [-0.05, 0) is 63.3 Å². The van der Waals surface area contributed by atoms with Crippen molar-refractivity contribution in [1.82, 2.24) is 14.6 Å². The highest BCUT2D eigenvalue weighted by Crippen LogP contribution is 2.38. The molecular weight excluding hydrogens is 336 g/mol. The molecule has 5 nitrogen and oxygen atoms in total. The van der Waals surface area contributed by atoms with Gasteiger partial charge in [0.05, 0.1) is 16.4 Å². The number of hydrogen-bond donors (Lipinski definition) is 2. The minimum atomic E-state index is 0.814. The maximum atomic E-state index is 10.9. The molecule has 5 heteroatoms. The van der Waals surface area contributed by atoms with E-state index in [4.69, 9.17) is 0 Å². The zero-order valence-corrected chi connectivity index (χ0v) is 16.4. The van der Waals surface area contributed by atoms with Crippen molar-refractivity contribution in [1.29, 1.82) is 0 Å². The normalized spacial score (nSPS) is 11.9. The fourth-order valence-electron chi connectivity index (χ4n) is 3.84. The van der Waals surface area contributed by atoms with Gasteiger partial charge in [-0.15, -0.1) is 0 Å². The van der Waals surface area contributed by atoms with Gasteiger partial charge in [-0.1, -0.05) is 29.8 Å². The van der Waals surface area contributed by atoms with Crippen molar-refractivity contribution in [3.63, 3.8) is 0 Å². The van der Waals surface area contributed by atoms with Crippen molar-refractivity contribution in [2.45, 2.75) is 20.3 Å². The lowest BCUT2D eigenvalue weighted by molar-refractivity contribution is 0.212. The average molecular weight is 362 g/mol. The van der Waals surface area contributed by atoms with Crippen LogP contribution in [0.25, 0.3) is 32.6 Å². The predicted octanol–water partition coefficient (Wildman–Crippen LogP) is 4.56. The van der Waals surface area contributed by atoms with Gasteiger partial charge in [0.15, 0.2) is 0 Å². The third-order valence-electron chi connectivity index (χ3n) is 5.15. The first kappa shape index (κ1) is 17.6. The average Bonchev–Trinajstić information content (AvgIpc) is 2.94. The molecule has 4 aromatic rings. The molecule has 0 aliphatic heterocycles. The van der Waals surface area contributed by atoms with Crippen LogP contribution in [0.2, 0.25) is 0 Å². The molecule has 4 rings (SSSR count). The van der Waals surface area contributed by atoms with Gasteiger partial charge in [0, 0.05) is 18.1 Å². The second-order valence-corrected chi connectivity index (χ2v) is 7.59. The van der Waals surface area contributed by atoms with Gasteiger partial charge in [0.25, 0.3) is 0 Å². The van der Waals surface area contributed by atoms with Crippen molar-refractivity contribution >= 4 is 38.4 Å². The maximum absolute atomic E-state index is 10.9. The van der Waals surface area contributed by atoms with Crippen molar-refractivity contribution in [3.8, 4) is 0 Å². The largest absolute Gasteiger partial charge is 0.428 e. The highest BCUT2D eigenvalue weighted by atomic mass is 16.5. The number of rotatable bonds is 5. The van der Waals surface area contributed by atoms with E-state index in [9.17, 15) is 5.21 Å². The molecule has 27 heavy (non-hydrogen) atoms. The van der Waals surface area contributed by atoms with Crippen LogP contribution in [-0.4, -0.2) is 47.0 Å². The van der Waals surface area contributed by atoms with Crippen LogP contribution in [0.5, 0.6) is 0 Å². The van der Waals surface area contributed by atoms with Gasteiger partial charge >= 0.3 is 0 Å². The summed E-state index contributed by atoms with van der Waals surface area (Å²) in [5, 5.41) is 18.7. The second-order valence-electron chi connectivity index (χ2n) is 7.59. The van der Waals surface area contributed by atoms with Gasteiger partial charge in [0.2, 0.25) is 0 Å². The van der Waals surface area contributed by atoms with Crippen molar-refractivity contribution in [3.05, 3.63) is 47.7 Å². The topological polar surface area (TPSA) is 53.3 Å². The van der Waals surface area contributed by atoms with Crippen LogP contribution in [0.15, 0.2) is 36.5 Å². The number of hydrogen-bond acceptors (Lipinski definition) is 4. The lowest BCUT2D eigenvalue weighted by Gasteiger charge is -2.12. The molecule has 2 aromatic heterocycles. The molecule has 0 aliphatic rings. The number of fused-ring (bicyclic) bond motifs is 5. The van der Waals surface area contributed by atoms with Crippen molar-refractivity contribution in [2.24, 2.45) is 0 Å². The van der Waals surface area contributed by atoms with E-state index in [1.165, 1.54) is 15.7 Å². The summed E-state index contributed by atoms with van der Waals surface area (Å²) in [6.45, 7) is 5.95. The third kappa shape index (κ3) is 2.98. The van der Waals surface area contributed by atoms with E-state index >= 15 is 0 Å². The fraction of sp³-hybridized carbons (Fsp3) is 0.318. The zero-order valence-electron chi connectivity index (χ0n) is 16.4. The van der Waals surface area contributed by atoms with E-state index in [-0.39, 0.29) is 0 Å². The van der Waals surface area contributed by atoms with Crippen LogP contribution >= 0.6 is 0 Å². The summed E-state index contributed by atoms with van der Waals surface area (Å²) in [6, 6.07) is 10.5. The first-order chi connectivity index (χ1) is 13.0. The Labute approximate surface area is 159 Å². The van der Waals surface area contributed by atoms with Crippen LogP contribution in [0.1, 0.15) is 17.5 Å². The molecule has 0 unspecified atom stereocenters. The third-order valence-corrected chi connectivity index (χ3v) is 5.15. The summed E-state index contributed by atoms with van der Waals surface area (Å²) in [7, 11) is 4.16. The molecule has 0 aliphatic carbocycles. The molecule has 140 valence electrons. The summed E-state index contributed by atoms with van der Waals surface area (Å²) in [4.78, 5) is 6.84. The van der Waals surface area contributed by atoms with E-state index in [0.717, 1.165) is 58.1 Å². The molecule has 0 radical (unpaired) electrons. The Morgan fingerprint density at radius 3 is 2.70 bits per heavy atom. The molecule has 0 bridgehead atoms. The van der Waals surface area contributed by atoms with E-state index in [2.05, 4.69) is 60.5 Å². The Morgan fingerprint density at radius 1 is 1.11 bits per heavy atom. The van der Waals surface area contributed by atoms with Gasteiger partial charge in [-0.2, -0.15) is 4.73 Å². The van der Waals surface area contributed by atoms with Crippen LogP contribution in [0, 0.1) is 13.8 Å². The highest BCUT2D eigenvalue weighted by molar-refractivity contribution is 6.23. The maximum Gasteiger partial charge on any atom is 0.136 e. The SMILES string of the molecule is Cc1ccc2c(ccc3c2c2c(NCCCN(C)C)ncc(C)c2n3O)c1. The molecule has 2 aromatic carbocycles. The fourth-order valence-corrected chi connectivity index (χ4v) is 3.84. The monoisotopic (exact) mass is 362 g/mol. The first-order valence-electron chi connectivity index (χ1n) is 9.38. The number of anilines is 1. The van der Waals surface area contributed by atoms with Gasteiger partial charge < -0.3 is 15.4 Å². The van der Waals surface area contributed by atoms with Crippen LogP contribution in [0.4, 0.5) is 5.82 Å². The molecule has 0 spiro atoms. The Hall–Kier alpha value is -2.79. The summed E-state index contributed by atoms with van der Waals surface area (Å²) in [5.41, 5.74) is 3.82. The van der Waals surface area contributed by atoms with Crippen LogP contribution in [-0.2, 0) is 0 Å². The molecule has 0 saturated carbocycles. The minimum absolute atomic E-state index is 0.814. The Bertz CT molecular complexity index is 1140. The molecule has 2 N–H and O–H groups in total. The zero-order chi connectivity index (χ0) is 19.1. The lowest BCUT2D eigenvalue weighted by Crippen LogP contribution is -2.16. The summed E-state index contributed by atoms with van der Waals surface area (Å²) >= 11 is 0. The van der Waals surface area contributed by atoms with Crippen molar-refractivity contribution in [2.75, 3.05) is 32.5 Å². The number of nitrogens with one attached hydrogen (secondary N) is 1. The highest BCUT2D eigenvalue weighted by Gasteiger charge is 2.18. The predicted molar refractivity (Wildman–Crippen MR) is 113 cm³/mol. The van der Waals surface area contributed by atoms with E-state index in [1.807, 2.05) is 19.2 Å². The van der Waals surface area contributed by atoms with Gasteiger partial charge in [-0.25, -0.2) is 4.98 Å². The Morgan fingerprint density at radius 2 is 1.93 bits per heavy atom. The van der Waals surface area contributed by atoms with Crippen molar-refractivity contribution < 1.29 is 5.21 Å². The van der Waals surface area contributed by atoms with Gasteiger partial charge in [0.1, 0.15) is 5.82 Å². The molecular formula is C22H26N4O. The first-order valence-corrected chi connectivity index (χ1v) is 9.38. The smallest absolute Gasteiger partial charge is 0.136 e. The van der Waals surface area contributed by atoms with Crippen LogP contribution < -0.4 is 5.32 Å². The Balaban J connectivity index is 1.95. The van der Waals surface area contributed by atoms with Gasteiger partial charge in [-0.3, -0.25) is 0 Å². The summed E-state index contributed by atoms with van der Waals surface area (Å²) in [5.74, 6) is 0.834. The number of benzene rings is 2. The molecule has 0 atom stereocenters. The molecule has 0 amide bonds. The number of aryl methyl sites for hydroxylation is 2. The van der Waals surface area contributed by atoms with Crippen LogP contribution in [0.3, 0.4) is 0 Å². The minimum Gasteiger partial charge on any atom is -0.428 e. The standard InChI is InChI=1S/C22H26N4O/c1-14-6-8-17-16(12-14)7-9-18-19(17)20-21(26(18)27)15(2)13-24-22(20)23-10-5-11-25(3)4/h6-9,12-13,27H,5,10-11H2,1-4H3,(H,23,24). The van der Waals surface area contributed by atoms with E-state index in [0.29, 0.717) is 0 Å². The molecule has 2 heterocycles.